The maximum atomic E-state index is 13.6. The molecule has 0 saturated carbocycles. The molecule has 2 aromatic carbocycles. The molecule has 2 amide bonds. The van der Waals surface area contributed by atoms with Crippen LogP contribution < -0.4 is 5.32 Å². The van der Waals surface area contributed by atoms with E-state index in [-0.39, 0.29) is 34.2 Å². The number of amides is 2. The predicted octanol–water partition coefficient (Wildman–Crippen LogP) is 3.47. The van der Waals surface area contributed by atoms with Crippen LogP contribution in [0, 0.1) is 25.7 Å². The number of nitrogens with zero attached hydrogens (tertiary/aromatic N) is 2. The molecular weight excluding hydrogens is 558 g/mol. The molecule has 10 nitrogen and oxygen atoms in total. The first-order valence-corrected chi connectivity index (χ1v) is 14.8. The van der Waals surface area contributed by atoms with Crippen molar-refractivity contribution in [3.63, 3.8) is 0 Å². The summed E-state index contributed by atoms with van der Waals surface area (Å²) >= 11 is 1.40. The molecular formula is C31H35N3O7S. The molecule has 2 aromatic rings. The zero-order valence-corrected chi connectivity index (χ0v) is 24.7. The number of aryl methyl sites for hydroxylation is 2. The summed E-state index contributed by atoms with van der Waals surface area (Å²) in [6.45, 7) is 8.49. The lowest BCUT2D eigenvalue weighted by Gasteiger charge is -2.46. The number of aliphatic hydroxyl groups excluding tert-OH is 1. The van der Waals surface area contributed by atoms with Crippen molar-refractivity contribution < 1.29 is 34.5 Å². The lowest BCUT2D eigenvalue weighted by atomic mass is 9.79. The summed E-state index contributed by atoms with van der Waals surface area (Å²) in [4.78, 5) is 54.2. The molecule has 2 fully saturated rings. The molecule has 6 unspecified atom stereocenters. The zero-order chi connectivity index (χ0) is 30.5. The number of carboxylic acids is 2. The third kappa shape index (κ3) is 5.44. The molecule has 0 bridgehead atoms. The van der Waals surface area contributed by atoms with E-state index in [1.54, 1.807) is 19.1 Å². The normalized spacial score (nSPS) is 26.2. The van der Waals surface area contributed by atoms with Gasteiger partial charge in [-0.05, 0) is 56.5 Å². The summed E-state index contributed by atoms with van der Waals surface area (Å²) in [5.74, 6) is -3.82. The quantitative estimate of drug-likeness (QED) is 0.321. The SMILES string of the molecule is Cc1ccc(C)c(CN2CC(SC3=C(C(=O)O)N4C(=O)C(C(C)O)C4C3C)CC2C(=O)Nc2cccc(C(=O)O)c2)c1. The van der Waals surface area contributed by atoms with Crippen LogP contribution in [-0.4, -0.2) is 78.9 Å². The second-order valence-electron chi connectivity index (χ2n) is 11.5. The van der Waals surface area contributed by atoms with Crippen LogP contribution in [0.15, 0.2) is 53.1 Å². The monoisotopic (exact) mass is 593 g/mol. The number of rotatable bonds is 9. The minimum absolute atomic E-state index is 0.0288. The van der Waals surface area contributed by atoms with Crippen molar-refractivity contribution in [2.75, 3.05) is 11.9 Å². The Balaban J connectivity index is 1.41. The number of anilines is 1. The first-order chi connectivity index (χ1) is 19.9. The van der Waals surface area contributed by atoms with Crippen molar-refractivity contribution in [2.45, 2.75) is 64.1 Å². The van der Waals surface area contributed by atoms with Gasteiger partial charge in [0.25, 0.3) is 0 Å². The topological polar surface area (TPSA) is 147 Å². The van der Waals surface area contributed by atoms with Gasteiger partial charge in [0.15, 0.2) is 0 Å². The van der Waals surface area contributed by atoms with E-state index in [4.69, 9.17) is 0 Å². The molecule has 222 valence electrons. The van der Waals surface area contributed by atoms with Crippen LogP contribution in [0.1, 0.15) is 47.3 Å². The standard InChI is InChI=1S/C31H35N3O7S/c1-15-8-9-16(2)20(10-15)13-33-14-22(12-23(33)28(36)32-21-7-5-6-19(11-21)30(38)39)42-27-17(3)25-24(18(4)35)29(37)34(25)26(27)31(40)41/h5-11,17-18,22-25,35H,12-14H2,1-4H3,(H,32,36)(H,38,39)(H,40,41). The highest BCUT2D eigenvalue weighted by atomic mass is 32.2. The van der Waals surface area contributed by atoms with Gasteiger partial charge in [-0.15, -0.1) is 11.8 Å². The first-order valence-electron chi connectivity index (χ1n) is 14.0. The van der Waals surface area contributed by atoms with Crippen molar-refractivity contribution in [3.8, 4) is 0 Å². The molecule has 11 heteroatoms. The molecule has 3 aliphatic heterocycles. The van der Waals surface area contributed by atoms with Gasteiger partial charge in [0.2, 0.25) is 11.8 Å². The number of hydrogen-bond donors (Lipinski definition) is 4. The smallest absolute Gasteiger partial charge is 0.353 e. The van der Waals surface area contributed by atoms with Crippen molar-refractivity contribution >= 4 is 41.2 Å². The van der Waals surface area contributed by atoms with Crippen LogP contribution in [0.5, 0.6) is 0 Å². The number of likely N-dealkylation sites (tertiary alicyclic amines) is 1. The predicted molar refractivity (Wildman–Crippen MR) is 158 cm³/mol. The van der Waals surface area contributed by atoms with E-state index in [0.29, 0.717) is 30.1 Å². The molecule has 0 aromatic heterocycles. The van der Waals surface area contributed by atoms with E-state index in [0.717, 1.165) is 16.7 Å². The highest BCUT2D eigenvalue weighted by molar-refractivity contribution is 8.03. The Morgan fingerprint density at radius 2 is 1.83 bits per heavy atom. The van der Waals surface area contributed by atoms with Gasteiger partial charge in [0.1, 0.15) is 5.70 Å². The number of benzene rings is 2. The number of hydrogen-bond acceptors (Lipinski definition) is 7. The summed E-state index contributed by atoms with van der Waals surface area (Å²) in [7, 11) is 0. The summed E-state index contributed by atoms with van der Waals surface area (Å²) in [6, 6.07) is 11.3. The number of aliphatic carboxylic acids is 1. The molecule has 3 heterocycles. The Morgan fingerprint density at radius 1 is 1.10 bits per heavy atom. The van der Waals surface area contributed by atoms with Crippen LogP contribution in [-0.2, 0) is 20.9 Å². The largest absolute Gasteiger partial charge is 0.478 e. The molecule has 3 aliphatic rings. The highest BCUT2D eigenvalue weighted by Gasteiger charge is 2.60. The molecule has 0 aliphatic carbocycles. The van der Waals surface area contributed by atoms with Crippen molar-refractivity contribution in [1.82, 2.24) is 9.80 Å². The molecule has 0 radical (unpaired) electrons. The van der Waals surface area contributed by atoms with E-state index < -0.39 is 36.0 Å². The van der Waals surface area contributed by atoms with Crippen LogP contribution >= 0.6 is 11.8 Å². The van der Waals surface area contributed by atoms with Crippen molar-refractivity contribution in [3.05, 3.63) is 75.3 Å². The Labute approximate surface area is 248 Å². The van der Waals surface area contributed by atoms with Crippen LogP contribution in [0.25, 0.3) is 0 Å². The maximum Gasteiger partial charge on any atom is 0.353 e. The average Bonchev–Trinajstić information content (AvgIpc) is 3.42. The van der Waals surface area contributed by atoms with Gasteiger partial charge in [0, 0.05) is 34.8 Å². The second-order valence-corrected chi connectivity index (χ2v) is 12.8. The second kappa shape index (κ2) is 11.5. The highest BCUT2D eigenvalue weighted by Crippen LogP contribution is 2.52. The number of carbonyl (C=O) groups excluding carboxylic acids is 2. The summed E-state index contributed by atoms with van der Waals surface area (Å²) in [6.07, 6.45) is -0.450. The number of carbonyl (C=O) groups is 4. The Bertz CT molecular complexity index is 1490. The minimum atomic E-state index is -1.18. The third-order valence-electron chi connectivity index (χ3n) is 8.53. The number of carboxylic acid groups (broad SMARTS) is 2. The fraction of sp³-hybridized carbons (Fsp3) is 0.419. The lowest BCUT2D eigenvalue weighted by molar-refractivity contribution is -0.163. The van der Waals surface area contributed by atoms with Gasteiger partial charge in [-0.1, -0.05) is 36.8 Å². The van der Waals surface area contributed by atoms with Crippen LogP contribution in [0.4, 0.5) is 5.69 Å². The fourth-order valence-corrected chi connectivity index (χ4v) is 7.95. The molecule has 6 atom stereocenters. The Hall–Kier alpha value is -3.67. The minimum Gasteiger partial charge on any atom is -0.478 e. The van der Waals surface area contributed by atoms with Crippen molar-refractivity contribution in [2.24, 2.45) is 11.8 Å². The molecule has 2 saturated heterocycles. The maximum absolute atomic E-state index is 13.6. The Kier molecular flexibility index (Phi) is 8.19. The fourth-order valence-electron chi connectivity index (χ4n) is 6.40. The summed E-state index contributed by atoms with van der Waals surface area (Å²) in [5.41, 5.74) is 3.70. The number of aromatic carboxylic acids is 1. The third-order valence-corrected chi connectivity index (χ3v) is 10.0. The zero-order valence-electron chi connectivity index (χ0n) is 23.9. The van der Waals surface area contributed by atoms with Gasteiger partial charge in [-0.2, -0.15) is 0 Å². The number of aliphatic hydroxyl groups is 1. The molecule has 5 rings (SSSR count). The van der Waals surface area contributed by atoms with Gasteiger partial charge < -0.3 is 25.5 Å². The number of nitrogens with one attached hydrogen (secondary N) is 1. The van der Waals surface area contributed by atoms with Crippen LogP contribution in [0.2, 0.25) is 0 Å². The molecule has 42 heavy (non-hydrogen) atoms. The first kappa shape index (κ1) is 29.8. The average molecular weight is 594 g/mol. The lowest BCUT2D eigenvalue weighted by Crippen LogP contribution is -2.63. The summed E-state index contributed by atoms with van der Waals surface area (Å²) in [5, 5.41) is 32.3. The van der Waals surface area contributed by atoms with Gasteiger partial charge in [0.05, 0.1) is 29.7 Å². The van der Waals surface area contributed by atoms with Crippen LogP contribution in [0.3, 0.4) is 0 Å². The molecule has 4 N–H and O–H groups in total. The van der Waals surface area contributed by atoms with E-state index >= 15 is 0 Å². The molecule has 0 spiro atoms. The summed E-state index contributed by atoms with van der Waals surface area (Å²) < 4.78 is 0. The van der Waals surface area contributed by atoms with E-state index in [1.165, 1.54) is 28.8 Å². The number of thioether (sulfide) groups is 1. The van der Waals surface area contributed by atoms with E-state index in [9.17, 15) is 34.5 Å². The number of β-lactam (4-membered cyclic amide) rings is 1. The number of fused-ring (bicyclic) bond motifs is 1. The van der Waals surface area contributed by atoms with Gasteiger partial charge in [-0.25, -0.2) is 9.59 Å². The van der Waals surface area contributed by atoms with Gasteiger partial charge in [-0.3, -0.25) is 14.5 Å². The van der Waals surface area contributed by atoms with Crippen molar-refractivity contribution in [1.29, 1.82) is 0 Å². The van der Waals surface area contributed by atoms with Gasteiger partial charge >= 0.3 is 11.9 Å². The van der Waals surface area contributed by atoms with E-state index in [2.05, 4.69) is 16.3 Å². The Morgan fingerprint density at radius 3 is 2.50 bits per heavy atom. The van der Waals surface area contributed by atoms with E-state index in [1.807, 2.05) is 32.9 Å².